The number of nitrogens with one attached hydrogen (secondary N) is 1. The summed E-state index contributed by atoms with van der Waals surface area (Å²) >= 11 is 0. The number of hydrogen-bond acceptors (Lipinski definition) is 1. The molecule has 0 rings (SSSR count). The van der Waals surface area contributed by atoms with Crippen molar-refractivity contribution in [3.05, 3.63) is 0 Å². The fraction of sp³-hybridized carbons (Fsp3) is 0.857. The molecule has 0 aliphatic carbocycles. The Kier molecular flexibility index (Phi) is 2.24. The molecule has 54 valence electrons. The van der Waals surface area contributed by atoms with Gasteiger partial charge in [-0.2, -0.15) is 0 Å². The summed E-state index contributed by atoms with van der Waals surface area (Å²) in [5, 5.41) is 7.13. The van der Waals surface area contributed by atoms with Crippen molar-refractivity contribution in [2.24, 2.45) is 17.1 Å². The highest BCUT2D eigenvalue weighted by molar-refractivity contribution is 5.79. The van der Waals surface area contributed by atoms with Gasteiger partial charge in [-0.15, -0.1) is 0 Å². The van der Waals surface area contributed by atoms with Crippen LogP contribution in [0, 0.1) is 16.7 Å². The minimum absolute atomic E-state index is 0.131. The lowest BCUT2D eigenvalue weighted by Gasteiger charge is -2.25. The van der Waals surface area contributed by atoms with E-state index in [4.69, 9.17) is 11.1 Å². The van der Waals surface area contributed by atoms with Crippen molar-refractivity contribution in [3.63, 3.8) is 0 Å². The highest BCUT2D eigenvalue weighted by Crippen LogP contribution is 2.24. The van der Waals surface area contributed by atoms with Crippen LogP contribution in [-0.4, -0.2) is 5.84 Å². The molecule has 0 aromatic heterocycles. The molecule has 0 spiro atoms. The van der Waals surface area contributed by atoms with Gasteiger partial charge in [-0.05, 0) is 5.41 Å². The molecule has 0 aliphatic heterocycles. The fourth-order valence-corrected chi connectivity index (χ4v) is 0.467. The molecule has 3 N–H and O–H groups in total. The normalized spacial score (nSPS) is 15.1. The second-order valence-electron chi connectivity index (χ2n) is 3.54. The first-order chi connectivity index (χ1) is 3.85. The van der Waals surface area contributed by atoms with E-state index in [0.29, 0.717) is 0 Å². The second-order valence-corrected chi connectivity index (χ2v) is 3.54. The zero-order chi connectivity index (χ0) is 7.65. The van der Waals surface area contributed by atoms with Crippen molar-refractivity contribution in [1.82, 2.24) is 0 Å². The van der Waals surface area contributed by atoms with Crippen molar-refractivity contribution in [2.75, 3.05) is 0 Å². The van der Waals surface area contributed by atoms with Crippen LogP contribution in [0.4, 0.5) is 0 Å². The molecule has 9 heavy (non-hydrogen) atoms. The van der Waals surface area contributed by atoms with Crippen molar-refractivity contribution >= 4 is 5.84 Å². The van der Waals surface area contributed by atoms with Crippen LogP contribution in [0.25, 0.3) is 0 Å². The van der Waals surface area contributed by atoms with Crippen molar-refractivity contribution in [2.45, 2.75) is 27.7 Å². The first kappa shape index (κ1) is 8.47. The molecule has 1 unspecified atom stereocenters. The molecule has 0 heterocycles. The number of hydrogen-bond donors (Lipinski definition) is 2. The van der Waals surface area contributed by atoms with Crippen LogP contribution in [0.5, 0.6) is 0 Å². The third-order valence-corrected chi connectivity index (χ3v) is 1.77. The Hall–Kier alpha value is -0.530. The van der Waals surface area contributed by atoms with Gasteiger partial charge in [0.1, 0.15) is 0 Å². The van der Waals surface area contributed by atoms with Gasteiger partial charge in [-0.25, -0.2) is 0 Å². The Bertz CT molecular complexity index is 111. The van der Waals surface area contributed by atoms with Crippen LogP contribution >= 0.6 is 0 Å². The molecular weight excluding hydrogens is 112 g/mol. The van der Waals surface area contributed by atoms with Gasteiger partial charge in [-0.1, -0.05) is 27.7 Å². The molecular formula is C7H16N2. The molecule has 0 aromatic carbocycles. The van der Waals surface area contributed by atoms with Crippen molar-refractivity contribution in [1.29, 1.82) is 5.41 Å². The third-order valence-electron chi connectivity index (χ3n) is 1.77. The highest BCUT2D eigenvalue weighted by Gasteiger charge is 2.21. The molecule has 0 aromatic rings. The third kappa shape index (κ3) is 2.49. The number of nitrogens with two attached hydrogens (primary N) is 1. The van der Waals surface area contributed by atoms with Gasteiger partial charge in [0.05, 0.1) is 5.84 Å². The molecule has 2 nitrogen and oxygen atoms in total. The summed E-state index contributed by atoms with van der Waals surface area (Å²) in [7, 11) is 0. The summed E-state index contributed by atoms with van der Waals surface area (Å²) in [6, 6.07) is 0. The molecule has 0 saturated carbocycles. The lowest BCUT2D eigenvalue weighted by molar-refractivity contribution is 0.331. The fourth-order valence-electron chi connectivity index (χ4n) is 0.467. The summed E-state index contributed by atoms with van der Waals surface area (Å²) in [4.78, 5) is 0. The van der Waals surface area contributed by atoms with Gasteiger partial charge < -0.3 is 5.73 Å². The zero-order valence-corrected chi connectivity index (χ0v) is 6.65. The number of rotatable bonds is 1. The highest BCUT2D eigenvalue weighted by atomic mass is 14.7. The average Bonchev–Trinajstić information content (AvgIpc) is 1.62. The molecule has 0 radical (unpaired) electrons. The second kappa shape index (κ2) is 2.38. The van der Waals surface area contributed by atoms with Crippen molar-refractivity contribution < 1.29 is 0 Å². The molecule has 0 saturated heterocycles. The lowest BCUT2D eigenvalue weighted by atomic mass is 9.81. The van der Waals surface area contributed by atoms with Gasteiger partial charge in [0.15, 0.2) is 0 Å². The Balaban J connectivity index is 4.04. The van der Waals surface area contributed by atoms with Gasteiger partial charge in [0.25, 0.3) is 0 Å². The summed E-state index contributed by atoms with van der Waals surface area (Å²) in [6.45, 7) is 8.22. The Morgan fingerprint density at radius 3 is 1.78 bits per heavy atom. The van der Waals surface area contributed by atoms with Gasteiger partial charge in [0, 0.05) is 5.92 Å². The average molecular weight is 128 g/mol. The minimum atomic E-state index is 0.131. The summed E-state index contributed by atoms with van der Waals surface area (Å²) < 4.78 is 0. The van der Waals surface area contributed by atoms with Crippen LogP contribution < -0.4 is 5.73 Å². The maximum atomic E-state index is 7.13. The first-order valence-corrected chi connectivity index (χ1v) is 3.19. The molecule has 0 fully saturated rings. The van der Waals surface area contributed by atoms with Crippen LogP contribution in [-0.2, 0) is 0 Å². The van der Waals surface area contributed by atoms with E-state index in [1.807, 2.05) is 6.92 Å². The van der Waals surface area contributed by atoms with E-state index in [2.05, 4.69) is 20.8 Å². The maximum absolute atomic E-state index is 7.13. The molecule has 0 bridgehead atoms. The van der Waals surface area contributed by atoms with E-state index in [9.17, 15) is 0 Å². The predicted octanol–water partition coefficient (Wildman–Crippen LogP) is 1.60. The molecule has 0 amide bonds. The topological polar surface area (TPSA) is 49.9 Å². The standard InChI is InChI=1S/C7H16N2/c1-5(6(8)9)7(2,3)4/h5H,1-4H3,(H3,8,9). The largest absolute Gasteiger partial charge is 0.387 e. The zero-order valence-electron chi connectivity index (χ0n) is 6.65. The van der Waals surface area contributed by atoms with Gasteiger partial charge in [-0.3, -0.25) is 5.41 Å². The Labute approximate surface area is 57.0 Å². The quantitative estimate of drug-likeness (QED) is 0.409. The molecule has 0 aliphatic rings. The lowest BCUT2D eigenvalue weighted by Crippen LogP contribution is -2.30. The predicted molar refractivity (Wildman–Crippen MR) is 40.5 cm³/mol. The van der Waals surface area contributed by atoms with E-state index in [0.717, 1.165) is 0 Å². The molecule has 2 heteroatoms. The van der Waals surface area contributed by atoms with Crippen molar-refractivity contribution in [3.8, 4) is 0 Å². The van der Waals surface area contributed by atoms with Crippen LogP contribution in [0.15, 0.2) is 0 Å². The monoisotopic (exact) mass is 128 g/mol. The Morgan fingerprint density at radius 2 is 1.78 bits per heavy atom. The molecule has 1 atom stereocenters. The van der Waals surface area contributed by atoms with E-state index < -0.39 is 0 Å². The van der Waals surface area contributed by atoms with Crippen LogP contribution in [0.1, 0.15) is 27.7 Å². The first-order valence-electron chi connectivity index (χ1n) is 3.19. The summed E-state index contributed by atoms with van der Waals surface area (Å²) in [5.74, 6) is 0.458. The van der Waals surface area contributed by atoms with Gasteiger partial charge in [0.2, 0.25) is 0 Å². The van der Waals surface area contributed by atoms with E-state index in [1.165, 1.54) is 0 Å². The van der Waals surface area contributed by atoms with E-state index in [1.54, 1.807) is 0 Å². The maximum Gasteiger partial charge on any atom is 0.0939 e. The minimum Gasteiger partial charge on any atom is -0.387 e. The SMILES string of the molecule is CC(C(=N)N)C(C)(C)C. The van der Waals surface area contributed by atoms with Crippen LogP contribution in [0.3, 0.4) is 0 Å². The van der Waals surface area contributed by atoms with E-state index >= 15 is 0 Å². The summed E-state index contributed by atoms with van der Waals surface area (Å²) in [5.41, 5.74) is 5.44. The van der Waals surface area contributed by atoms with Crippen LogP contribution in [0.2, 0.25) is 0 Å². The van der Waals surface area contributed by atoms with Gasteiger partial charge >= 0.3 is 0 Å². The smallest absolute Gasteiger partial charge is 0.0939 e. The Morgan fingerprint density at radius 1 is 1.44 bits per heavy atom. The summed E-state index contributed by atoms with van der Waals surface area (Å²) in [6.07, 6.45) is 0. The number of amidine groups is 1. The van der Waals surface area contributed by atoms with E-state index in [-0.39, 0.29) is 17.2 Å².